The van der Waals surface area contributed by atoms with Gasteiger partial charge in [-0.25, -0.2) is 20.8 Å². The van der Waals surface area contributed by atoms with Gasteiger partial charge in [0.25, 0.3) is 0 Å². The van der Waals surface area contributed by atoms with Crippen LogP contribution >= 0.6 is 0 Å². The molecule has 0 aliphatic rings. The average molecular weight is 358 g/mol. The highest BCUT2D eigenvalue weighted by molar-refractivity contribution is 5.96. The first kappa shape index (κ1) is 16.9. The molecular formula is C20H18N6O. The van der Waals surface area contributed by atoms with Crippen LogP contribution < -0.4 is 11.3 Å². The largest absolute Gasteiger partial charge is 0.309 e. The molecule has 0 aliphatic carbocycles. The molecule has 0 aliphatic heterocycles. The highest BCUT2D eigenvalue weighted by Crippen LogP contribution is 2.30. The summed E-state index contributed by atoms with van der Waals surface area (Å²) in [5.41, 5.74) is 5.79. The zero-order valence-electron chi connectivity index (χ0n) is 14.8. The summed E-state index contributed by atoms with van der Waals surface area (Å²) in [7, 11) is 0. The third-order valence-electron chi connectivity index (χ3n) is 4.32. The number of hydrogen-bond acceptors (Lipinski definition) is 5. The van der Waals surface area contributed by atoms with Crippen molar-refractivity contribution in [2.45, 2.75) is 13.5 Å². The first-order valence-electron chi connectivity index (χ1n) is 8.63. The van der Waals surface area contributed by atoms with Crippen molar-refractivity contribution < 1.29 is 4.79 Å². The Morgan fingerprint density at radius 3 is 2.19 bits per heavy atom. The average Bonchev–Trinajstić information content (AvgIpc) is 3.12. The number of hydrogen-bond donors (Lipinski definition) is 2. The lowest BCUT2D eigenvalue weighted by molar-refractivity contribution is 0.0943. The zero-order chi connectivity index (χ0) is 18.8. The molecule has 1 amide bonds. The molecule has 2 aromatic heterocycles. The third kappa shape index (κ3) is 2.94. The fraction of sp³-hybridized carbons (Fsp3) is 0.100. The Morgan fingerprint density at radius 2 is 1.59 bits per heavy atom. The van der Waals surface area contributed by atoms with Crippen LogP contribution in [-0.2, 0) is 6.54 Å². The molecule has 4 aromatic rings. The number of benzene rings is 2. The Labute approximate surface area is 155 Å². The van der Waals surface area contributed by atoms with Crippen LogP contribution in [0.3, 0.4) is 0 Å². The summed E-state index contributed by atoms with van der Waals surface area (Å²) in [6.07, 6.45) is 0. The van der Waals surface area contributed by atoms with Crippen LogP contribution in [0.4, 0.5) is 0 Å². The van der Waals surface area contributed by atoms with E-state index in [9.17, 15) is 4.79 Å². The quantitative estimate of drug-likeness (QED) is 0.332. The van der Waals surface area contributed by atoms with Gasteiger partial charge in [-0.3, -0.25) is 10.2 Å². The summed E-state index contributed by atoms with van der Waals surface area (Å²) in [5.74, 6) is 5.55. The van der Waals surface area contributed by atoms with Gasteiger partial charge in [0.15, 0.2) is 5.65 Å². The number of hydrazine groups is 1. The number of rotatable bonds is 4. The minimum atomic E-state index is -0.542. The number of nitrogens with one attached hydrogen (secondary N) is 1. The zero-order valence-corrected chi connectivity index (χ0v) is 14.8. The number of aryl methyl sites for hydroxylation is 1. The Kier molecular flexibility index (Phi) is 4.35. The third-order valence-corrected chi connectivity index (χ3v) is 4.32. The van der Waals surface area contributed by atoms with Crippen LogP contribution in [0.25, 0.3) is 33.8 Å². The predicted octanol–water partition coefficient (Wildman–Crippen LogP) is 2.78. The summed E-state index contributed by atoms with van der Waals surface area (Å²) >= 11 is 0. The number of nitrogen functional groups attached to an aromatic ring is 1. The second-order valence-electron chi connectivity index (χ2n) is 5.95. The molecule has 27 heavy (non-hydrogen) atoms. The minimum absolute atomic E-state index is 0.0121. The normalized spacial score (nSPS) is 10.9. The number of aromatic nitrogens is 4. The maximum Gasteiger partial charge on any atom is 0.303 e. The molecule has 0 unspecified atom stereocenters. The molecule has 3 N–H and O–H groups in total. The lowest BCUT2D eigenvalue weighted by Gasteiger charge is -2.07. The topological polar surface area (TPSA) is 98.7 Å². The van der Waals surface area contributed by atoms with Gasteiger partial charge in [-0.05, 0) is 6.92 Å². The van der Waals surface area contributed by atoms with Gasteiger partial charge < -0.3 is 4.57 Å². The number of imidazole rings is 1. The molecule has 0 radical (unpaired) electrons. The number of fused-ring (bicyclic) bond motifs is 1. The Bertz CT molecular complexity index is 1110. The van der Waals surface area contributed by atoms with E-state index in [0.717, 1.165) is 17.0 Å². The predicted molar refractivity (Wildman–Crippen MR) is 104 cm³/mol. The van der Waals surface area contributed by atoms with Crippen LogP contribution in [0.5, 0.6) is 0 Å². The molecule has 0 fully saturated rings. The fourth-order valence-corrected chi connectivity index (χ4v) is 3.07. The lowest BCUT2D eigenvalue weighted by atomic mass is 10.1. The second kappa shape index (κ2) is 6.97. The molecule has 4 rings (SSSR count). The van der Waals surface area contributed by atoms with Crippen LogP contribution in [0.1, 0.15) is 17.5 Å². The smallest absolute Gasteiger partial charge is 0.303 e. The number of carbonyl (C=O) groups is 1. The molecule has 0 saturated heterocycles. The van der Waals surface area contributed by atoms with Crippen molar-refractivity contribution in [2.75, 3.05) is 0 Å². The van der Waals surface area contributed by atoms with E-state index in [2.05, 4.69) is 15.4 Å². The van der Waals surface area contributed by atoms with E-state index in [-0.39, 0.29) is 5.82 Å². The van der Waals surface area contributed by atoms with Crippen molar-refractivity contribution in [3.63, 3.8) is 0 Å². The maximum atomic E-state index is 12.1. The van der Waals surface area contributed by atoms with E-state index in [1.165, 1.54) is 0 Å². The van der Waals surface area contributed by atoms with E-state index >= 15 is 0 Å². The number of nitrogens with zero attached hydrogens (tertiary/aromatic N) is 4. The van der Waals surface area contributed by atoms with E-state index in [0.29, 0.717) is 23.4 Å². The van der Waals surface area contributed by atoms with Gasteiger partial charge in [-0.15, -0.1) is 0 Å². The molecule has 0 atom stereocenters. The molecule has 7 heteroatoms. The fourth-order valence-electron chi connectivity index (χ4n) is 3.07. The van der Waals surface area contributed by atoms with Crippen LogP contribution in [0.2, 0.25) is 0 Å². The highest BCUT2D eigenvalue weighted by Gasteiger charge is 2.21. The highest BCUT2D eigenvalue weighted by atomic mass is 16.2. The standard InChI is InChI=1S/C20H18N6O/c1-2-26-18(14-11-7-4-8-12-14)23-16-15(13-9-5-3-6-10-13)22-17(20(27)25-21)24-19(16)26/h3-12H,2,21H2,1H3,(H,25,27). The summed E-state index contributed by atoms with van der Waals surface area (Å²) in [6.45, 7) is 2.66. The number of carbonyl (C=O) groups excluding carboxylic acids is 1. The molecule has 0 bridgehead atoms. The molecule has 7 nitrogen and oxygen atoms in total. The van der Waals surface area contributed by atoms with E-state index in [4.69, 9.17) is 10.8 Å². The van der Waals surface area contributed by atoms with Crippen molar-refractivity contribution in [2.24, 2.45) is 5.84 Å². The maximum absolute atomic E-state index is 12.1. The Balaban J connectivity index is 2.06. The molecule has 2 aromatic carbocycles. The van der Waals surface area contributed by atoms with E-state index < -0.39 is 5.91 Å². The first-order valence-corrected chi connectivity index (χ1v) is 8.63. The monoisotopic (exact) mass is 358 g/mol. The molecule has 134 valence electrons. The molecule has 0 spiro atoms. The van der Waals surface area contributed by atoms with Gasteiger partial charge in [-0.2, -0.15) is 0 Å². The van der Waals surface area contributed by atoms with Crippen molar-refractivity contribution in [1.82, 2.24) is 24.9 Å². The molecule has 2 heterocycles. The number of nitrogens with two attached hydrogens (primary N) is 1. The Morgan fingerprint density at radius 1 is 0.963 bits per heavy atom. The van der Waals surface area contributed by atoms with Gasteiger partial charge in [0.05, 0.1) is 0 Å². The van der Waals surface area contributed by atoms with Crippen molar-refractivity contribution in [1.29, 1.82) is 0 Å². The summed E-state index contributed by atoms with van der Waals surface area (Å²) < 4.78 is 1.98. The van der Waals surface area contributed by atoms with E-state index in [1.807, 2.05) is 72.2 Å². The molecular weight excluding hydrogens is 340 g/mol. The lowest BCUT2D eigenvalue weighted by Crippen LogP contribution is -2.31. The summed E-state index contributed by atoms with van der Waals surface area (Å²) in [6, 6.07) is 19.5. The Hall–Kier alpha value is -3.58. The van der Waals surface area contributed by atoms with Crippen molar-refractivity contribution >= 4 is 17.1 Å². The van der Waals surface area contributed by atoms with Gasteiger partial charge in [0, 0.05) is 17.7 Å². The first-order chi connectivity index (χ1) is 13.2. The second-order valence-corrected chi connectivity index (χ2v) is 5.95. The summed E-state index contributed by atoms with van der Waals surface area (Å²) in [4.78, 5) is 25.8. The van der Waals surface area contributed by atoms with E-state index in [1.54, 1.807) is 0 Å². The molecule has 0 saturated carbocycles. The van der Waals surface area contributed by atoms with Crippen LogP contribution in [0, 0.1) is 0 Å². The van der Waals surface area contributed by atoms with Gasteiger partial charge in [0.2, 0.25) is 5.82 Å². The van der Waals surface area contributed by atoms with Gasteiger partial charge in [0.1, 0.15) is 17.0 Å². The SMILES string of the molecule is CCn1c(-c2ccccc2)nc2c(-c3ccccc3)nc(C(=O)NN)nc21. The number of amides is 1. The van der Waals surface area contributed by atoms with Crippen LogP contribution in [-0.4, -0.2) is 25.4 Å². The summed E-state index contributed by atoms with van der Waals surface area (Å²) in [5, 5.41) is 0. The van der Waals surface area contributed by atoms with Crippen molar-refractivity contribution in [3.05, 3.63) is 66.5 Å². The van der Waals surface area contributed by atoms with Crippen LogP contribution in [0.15, 0.2) is 60.7 Å². The van der Waals surface area contributed by atoms with Gasteiger partial charge in [-0.1, -0.05) is 60.7 Å². The minimum Gasteiger partial charge on any atom is -0.309 e. The van der Waals surface area contributed by atoms with Gasteiger partial charge >= 0.3 is 5.91 Å². The van der Waals surface area contributed by atoms with Crippen molar-refractivity contribution in [3.8, 4) is 22.6 Å².